The Hall–Kier alpha value is -2.03. The first-order valence-corrected chi connectivity index (χ1v) is 5.92. The molecule has 1 fully saturated rings. The second-order valence-corrected chi connectivity index (χ2v) is 4.59. The van der Waals surface area contributed by atoms with Gasteiger partial charge in [-0.05, 0) is 6.92 Å². The second kappa shape index (κ2) is 6.23. The average Bonchev–Trinajstić information content (AvgIpc) is 2.76. The highest BCUT2D eigenvalue weighted by atomic mass is 16.5. The summed E-state index contributed by atoms with van der Waals surface area (Å²) in [5, 5.41) is 9.26. The number of carbonyl (C=O) groups excluding carboxylic acids is 2. The van der Waals surface area contributed by atoms with Crippen LogP contribution in [0.1, 0.15) is 13.3 Å². The van der Waals surface area contributed by atoms with Crippen LogP contribution >= 0.6 is 0 Å². The molecule has 0 aromatic carbocycles. The number of amides is 1. The van der Waals surface area contributed by atoms with Gasteiger partial charge in [-0.2, -0.15) is 5.26 Å². The molecule has 1 rings (SSSR count). The Labute approximate surface area is 112 Å². The molecule has 1 amide bonds. The quantitative estimate of drug-likeness (QED) is 0.568. The zero-order valence-electron chi connectivity index (χ0n) is 11.4. The molecule has 6 heteroatoms. The maximum atomic E-state index is 11.7. The Morgan fingerprint density at radius 3 is 2.47 bits per heavy atom. The first-order valence-electron chi connectivity index (χ1n) is 5.92. The number of ether oxygens (including phenoxy) is 2. The third-order valence-electron chi connectivity index (χ3n) is 3.46. The van der Waals surface area contributed by atoms with Crippen LogP contribution < -0.4 is 0 Å². The predicted molar refractivity (Wildman–Crippen MR) is 66.9 cm³/mol. The van der Waals surface area contributed by atoms with Crippen molar-refractivity contribution in [2.45, 2.75) is 19.4 Å². The Morgan fingerprint density at radius 2 is 2.05 bits per heavy atom. The average molecular weight is 266 g/mol. The first-order chi connectivity index (χ1) is 8.96. The van der Waals surface area contributed by atoms with E-state index in [0.29, 0.717) is 6.54 Å². The molecule has 0 N–H and O–H groups in total. The van der Waals surface area contributed by atoms with Gasteiger partial charge in [0.1, 0.15) is 6.04 Å². The van der Waals surface area contributed by atoms with Crippen LogP contribution in [0.4, 0.5) is 4.79 Å². The molecule has 6 nitrogen and oxygen atoms in total. The minimum absolute atomic E-state index is 0.0831. The molecular weight excluding hydrogens is 248 g/mol. The van der Waals surface area contributed by atoms with Gasteiger partial charge in [0.05, 0.1) is 26.7 Å². The molecule has 1 aliphatic heterocycles. The zero-order valence-corrected chi connectivity index (χ0v) is 11.4. The molecule has 1 saturated heterocycles. The largest absolute Gasteiger partial charge is 0.469 e. The van der Waals surface area contributed by atoms with Gasteiger partial charge >= 0.3 is 12.1 Å². The smallest absolute Gasteiger partial charge is 0.410 e. The number of rotatable bonds is 3. The van der Waals surface area contributed by atoms with Crippen LogP contribution in [0.15, 0.2) is 12.2 Å². The molecule has 19 heavy (non-hydrogen) atoms. The van der Waals surface area contributed by atoms with Crippen LogP contribution in [0.3, 0.4) is 0 Å². The molecule has 0 radical (unpaired) electrons. The van der Waals surface area contributed by atoms with Crippen molar-refractivity contribution in [3.63, 3.8) is 0 Å². The summed E-state index contributed by atoms with van der Waals surface area (Å²) in [6.45, 7) is 6.03. The Bertz CT molecular complexity index is 427. The molecule has 1 aliphatic rings. The number of likely N-dealkylation sites (tertiary alicyclic amines) is 1. The fraction of sp³-hybridized carbons (Fsp3) is 0.615. The summed E-state index contributed by atoms with van der Waals surface area (Å²) in [7, 11) is 2.56. The SMILES string of the molecule is C=C(C)[C@H]1CN(C(=O)OC)[C@@H](C#N)[C@H]1CC(=O)OC. The third kappa shape index (κ3) is 3.05. The molecule has 0 aromatic rings. The lowest BCUT2D eigenvalue weighted by atomic mass is 9.84. The van der Waals surface area contributed by atoms with Gasteiger partial charge in [0.25, 0.3) is 0 Å². The molecule has 3 atom stereocenters. The minimum atomic E-state index is -0.701. The van der Waals surface area contributed by atoms with E-state index in [0.717, 1.165) is 5.57 Å². The normalized spacial score (nSPS) is 25.6. The molecule has 0 aliphatic carbocycles. The molecule has 0 aromatic heterocycles. The van der Waals surface area contributed by atoms with Crippen molar-refractivity contribution in [2.24, 2.45) is 11.8 Å². The number of hydrogen-bond donors (Lipinski definition) is 0. The first kappa shape index (κ1) is 15.0. The molecule has 0 saturated carbocycles. The van der Waals surface area contributed by atoms with Crippen molar-refractivity contribution >= 4 is 12.1 Å². The van der Waals surface area contributed by atoms with E-state index in [1.807, 2.05) is 6.92 Å². The number of methoxy groups -OCH3 is 2. The molecule has 0 bridgehead atoms. The number of hydrogen-bond acceptors (Lipinski definition) is 5. The number of nitriles is 1. The maximum absolute atomic E-state index is 11.7. The van der Waals surface area contributed by atoms with Crippen molar-refractivity contribution in [2.75, 3.05) is 20.8 Å². The monoisotopic (exact) mass is 266 g/mol. The lowest BCUT2D eigenvalue weighted by molar-refractivity contribution is -0.142. The highest BCUT2D eigenvalue weighted by Crippen LogP contribution is 2.36. The highest BCUT2D eigenvalue weighted by Gasteiger charge is 2.45. The molecule has 104 valence electrons. The van der Waals surface area contributed by atoms with E-state index in [-0.39, 0.29) is 18.3 Å². The summed E-state index contributed by atoms with van der Waals surface area (Å²) < 4.78 is 9.31. The van der Waals surface area contributed by atoms with Gasteiger partial charge in [-0.1, -0.05) is 12.2 Å². The summed E-state index contributed by atoms with van der Waals surface area (Å²) in [5.41, 5.74) is 0.834. The van der Waals surface area contributed by atoms with E-state index in [9.17, 15) is 14.9 Å². The van der Waals surface area contributed by atoms with Crippen LogP contribution in [0.5, 0.6) is 0 Å². The standard InChI is InChI=1S/C13H18N2O4/c1-8(2)10-7-15(13(17)19-4)11(6-14)9(10)5-12(16)18-3/h9-11H,1,5,7H2,2-4H3/t9-,10+,11-/m0/s1. The van der Waals surface area contributed by atoms with Crippen molar-refractivity contribution < 1.29 is 19.1 Å². The summed E-state index contributed by atoms with van der Waals surface area (Å²) in [6.07, 6.45) is -0.482. The van der Waals surface area contributed by atoms with Crippen molar-refractivity contribution in [3.8, 4) is 6.07 Å². The summed E-state index contributed by atoms with van der Waals surface area (Å²) in [4.78, 5) is 24.4. The van der Waals surface area contributed by atoms with Gasteiger partial charge in [-0.25, -0.2) is 4.79 Å². The van der Waals surface area contributed by atoms with E-state index in [2.05, 4.69) is 22.1 Å². The third-order valence-corrected chi connectivity index (χ3v) is 3.46. The molecule has 0 unspecified atom stereocenters. The Kier molecular flexibility index (Phi) is 4.93. The van der Waals surface area contributed by atoms with Crippen LogP contribution in [-0.2, 0) is 14.3 Å². The number of carbonyl (C=O) groups is 2. The van der Waals surface area contributed by atoms with Crippen LogP contribution in [0.25, 0.3) is 0 Å². The van der Waals surface area contributed by atoms with Crippen molar-refractivity contribution in [1.82, 2.24) is 4.90 Å². The fourth-order valence-corrected chi connectivity index (χ4v) is 2.43. The Morgan fingerprint density at radius 1 is 1.42 bits per heavy atom. The minimum Gasteiger partial charge on any atom is -0.469 e. The van der Waals surface area contributed by atoms with E-state index < -0.39 is 18.1 Å². The molecule has 1 heterocycles. The highest BCUT2D eigenvalue weighted by molar-refractivity contribution is 5.72. The molecular formula is C13H18N2O4. The van der Waals surface area contributed by atoms with Gasteiger partial charge < -0.3 is 9.47 Å². The van der Waals surface area contributed by atoms with Crippen LogP contribution in [-0.4, -0.2) is 43.8 Å². The van der Waals surface area contributed by atoms with Crippen molar-refractivity contribution in [3.05, 3.63) is 12.2 Å². The van der Waals surface area contributed by atoms with Crippen LogP contribution in [0.2, 0.25) is 0 Å². The summed E-state index contributed by atoms with van der Waals surface area (Å²) in [6, 6.07) is 1.37. The van der Waals surface area contributed by atoms with Gasteiger partial charge in [0.15, 0.2) is 0 Å². The second-order valence-electron chi connectivity index (χ2n) is 4.59. The van der Waals surface area contributed by atoms with Gasteiger partial charge in [-0.15, -0.1) is 0 Å². The predicted octanol–water partition coefficient (Wildman–Crippen LogP) is 1.33. The lowest BCUT2D eigenvalue weighted by Gasteiger charge is -2.21. The Balaban J connectivity index is 3.01. The van der Waals surface area contributed by atoms with Gasteiger partial charge in [-0.3, -0.25) is 9.69 Å². The number of esters is 1. The van der Waals surface area contributed by atoms with Gasteiger partial charge in [0.2, 0.25) is 0 Å². The van der Waals surface area contributed by atoms with E-state index in [1.165, 1.54) is 19.1 Å². The van der Waals surface area contributed by atoms with Crippen LogP contribution in [0, 0.1) is 23.2 Å². The summed E-state index contributed by atoms with van der Waals surface area (Å²) in [5.74, 6) is -0.819. The topological polar surface area (TPSA) is 79.6 Å². The van der Waals surface area contributed by atoms with E-state index >= 15 is 0 Å². The summed E-state index contributed by atoms with van der Waals surface area (Å²) >= 11 is 0. The van der Waals surface area contributed by atoms with E-state index in [4.69, 9.17) is 0 Å². The number of nitrogens with zero attached hydrogens (tertiary/aromatic N) is 2. The lowest BCUT2D eigenvalue weighted by Crippen LogP contribution is -2.37. The van der Waals surface area contributed by atoms with Crippen molar-refractivity contribution in [1.29, 1.82) is 5.26 Å². The fourth-order valence-electron chi connectivity index (χ4n) is 2.43. The zero-order chi connectivity index (χ0) is 14.6. The molecule has 0 spiro atoms. The van der Waals surface area contributed by atoms with E-state index in [1.54, 1.807) is 0 Å². The maximum Gasteiger partial charge on any atom is 0.410 e. The van der Waals surface area contributed by atoms with Gasteiger partial charge in [0, 0.05) is 18.4 Å².